The molecule has 0 radical (unpaired) electrons. The van der Waals surface area contributed by atoms with Gasteiger partial charge in [0.15, 0.2) is 6.29 Å². The van der Waals surface area contributed by atoms with Gasteiger partial charge >= 0.3 is 48.9 Å². The van der Waals surface area contributed by atoms with Crippen LogP contribution in [0.25, 0.3) is 0 Å². The van der Waals surface area contributed by atoms with E-state index in [0.29, 0.717) is 12.8 Å². The monoisotopic (exact) mass is 334 g/mol. The summed E-state index contributed by atoms with van der Waals surface area (Å²) in [7, 11) is 0. The van der Waals surface area contributed by atoms with E-state index in [1.165, 1.54) is 0 Å². The van der Waals surface area contributed by atoms with Gasteiger partial charge in [-0.2, -0.15) is 0 Å². The van der Waals surface area contributed by atoms with Crippen molar-refractivity contribution < 1.29 is 24.8 Å². The topological polar surface area (TPSA) is 79.2 Å². The van der Waals surface area contributed by atoms with Crippen LogP contribution in [0.15, 0.2) is 0 Å². The van der Waals surface area contributed by atoms with Gasteiger partial charge < -0.3 is 24.8 Å². The molecule has 0 aromatic rings. The molecule has 6 heteroatoms. The third kappa shape index (κ3) is 11.4. The summed E-state index contributed by atoms with van der Waals surface area (Å²) in [6, 6.07) is 0. The molecule has 0 aromatic heterocycles. The van der Waals surface area contributed by atoms with Gasteiger partial charge in [-0.1, -0.05) is 0 Å². The summed E-state index contributed by atoms with van der Waals surface area (Å²) in [6.45, 7) is 0.390. The Bertz CT molecular complexity index is 84.7. The first-order valence-corrected chi connectivity index (χ1v) is 4.41. The molecule has 0 bridgehead atoms. The average Bonchev–Trinajstić information content (AvgIpc) is 2.17. The molecule has 0 heterocycles. The number of rotatable bonds is 9. The fourth-order valence-electron chi connectivity index (χ4n) is 0.841. The Labute approximate surface area is 124 Å². The van der Waals surface area contributed by atoms with Crippen LogP contribution in [0.1, 0.15) is 12.8 Å². The van der Waals surface area contributed by atoms with Crippen LogP contribution >= 0.6 is 0 Å². The van der Waals surface area contributed by atoms with Crippen LogP contribution in [0.4, 0.5) is 0 Å². The first kappa shape index (κ1) is 17.8. The normalized spacial score (nSPS) is 10.3. The van der Waals surface area contributed by atoms with Crippen molar-refractivity contribution in [1.82, 2.24) is 0 Å². The summed E-state index contributed by atoms with van der Waals surface area (Å²) in [5.41, 5.74) is 0. The third-order valence-corrected chi connectivity index (χ3v) is 1.39. The summed E-state index contributed by atoms with van der Waals surface area (Å²) in [6.07, 6.45) is 0.712. The minimum absolute atomic E-state index is 0. The van der Waals surface area contributed by atoms with E-state index in [-0.39, 0.29) is 81.9 Å². The summed E-state index contributed by atoms with van der Waals surface area (Å²) >= 11 is 0. The molecule has 0 atom stereocenters. The van der Waals surface area contributed by atoms with Gasteiger partial charge in [-0.05, 0) is 6.42 Å². The zero-order valence-electron chi connectivity index (χ0n) is 7.69. The Balaban J connectivity index is 0. The fraction of sp³-hybridized carbons (Fsp3) is 1.00. The number of ether oxygens (including phenoxy) is 2. The second-order valence-electron chi connectivity index (χ2n) is 2.48. The Hall–Kier alpha value is 1.37. The van der Waals surface area contributed by atoms with Crippen LogP contribution < -0.4 is 0 Å². The van der Waals surface area contributed by atoms with E-state index in [1.807, 2.05) is 0 Å². The van der Waals surface area contributed by atoms with Gasteiger partial charge in [0.1, 0.15) is 0 Å². The van der Waals surface area contributed by atoms with E-state index in [2.05, 4.69) is 0 Å². The summed E-state index contributed by atoms with van der Waals surface area (Å²) in [5.74, 6) is 0. The third-order valence-electron chi connectivity index (χ3n) is 1.39. The van der Waals surface area contributed by atoms with Crippen LogP contribution in [-0.2, 0) is 9.47 Å². The maximum atomic E-state index is 8.56. The van der Waals surface area contributed by atoms with Crippen LogP contribution in [-0.4, -0.2) is 104 Å². The van der Waals surface area contributed by atoms with Gasteiger partial charge in [-0.3, -0.25) is 0 Å². The summed E-state index contributed by atoms with van der Waals surface area (Å²) < 4.78 is 10.2. The molecule has 0 spiro atoms. The molecule has 0 unspecified atom stereocenters. The van der Waals surface area contributed by atoms with Gasteiger partial charge in [0.2, 0.25) is 0 Å². The van der Waals surface area contributed by atoms with Gasteiger partial charge in [-0.15, -0.1) is 0 Å². The van der Waals surface area contributed by atoms with Crippen molar-refractivity contribution in [3.05, 3.63) is 0 Å². The van der Waals surface area contributed by atoms with Crippen molar-refractivity contribution in [3.63, 3.8) is 0 Å². The number of hydrogen-bond acceptors (Lipinski definition) is 5. The van der Waals surface area contributed by atoms with Crippen LogP contribution in [0.3, 0.4) is 0 Å². The minimum atomic E-state index is -0.438. The SMILES string of the molecule is OCCCC(OCCO)OCCO.[BaH2]. The van der Waals surface area contributed by atoms with Gasteiger partial charge in [0.25, 0.3) is 0 Å². The van der Waals surface area contributed by atoms with E-state index in [0.717, 1.165) is 0 Å². The molecule has 0 rings (SSSR count). The predicted octanol–water partition coefficient (Wildman–Crippen LogP) is -1.81. The van der Waals surface area contributed by atoms with Crippen LogP contribution in [0.2, 0.25) is 0 Å². The second kappa shape index (κ2) is 14.4. The Morgan fingerprint density at radius 3 is 1.71 bits per heavy atom. The fourth-order valence-corrected chi connectivity index (χ4v) is 0.841. The van der Waals surface area contributed by atoms with Crippen molar-refractivity contribution in [2.24, 2.45) is 0 Å². The average molecular weight is 334 g/mol. The molecule has 0 aliphatic heterocycles. The van der Waals surface area contributed by atoms with E-state index in [4.69, 9.17) is 24.8 Å². The zero-order valence-corrected chi connectivity index (χ0v) is 7.69. The van der Waals surface area contributed by atoms with Gasteiger partial charge in [0, 0.05) is 13.0 Å². The Kier molecular flexibility index (Phi) is 18.2. The number of aliphatic hydroxyl groups is 3. The zero-order chi connectivity index (χ0) is 9.94. The molecule has 0 aliphatic carbocycles. The van der Waals surface area contributed by atoms with Crippen LogP contribution in [0, 0.1) is 0 Å². The van der Waals surface area contributed by atoms with Crippen molar-refractivity contribution in [2.75, 3.05) is 33.0 Å². The molecule has 0 aromatic carbocycles. The molecule has 3 N–H and O–H groups in total. The first-order valence-electron chi connectivity index (χ1n) is 4.41. The molecule has 0 saturated heterocycles. The first-order chi connectivity index (χ1) is 6.35. The van der Waals surface area contributed by atoms with Crippen LogP contribution in [0.5, 0.6) is 0 Å². The quantitative estimate of drug-likeness (QED) is 0.342. The van der Waals surface area contributed by atoms with Crippen molar-refractivity contribution in [2.45, 2.75) is 19.1 Å². The summed E-state index contributed by atoms with van der Waals surface area (Å²) in [5, 5.41) is 25.5. The summed E-state index contributed by atoms with van der Waals surface area (Å²) in [4.78, 5) is 0. The Morgan fingerprint density at radius 2 is 1.36 bits per heavy atom. The second-order valence-corrected chi connectivity index (χ2v) is 2.48. The van der Waals surface area contributed by atoms with E-state index in [1.54, 1.807) is 0 Å². The molecule has 0 aliphatic rings. The molecule has 5 nitrogen and oxygen atoms in total. The predicted molar refractivity (Wildman–Crippen MR) is 54.7 cm³/mol. The molecule has 84 valence electrons. The van der Waals surface area contributed by atoms with Crippen molar-refractivity contribution >= 4 is 48.9 Å². The maximum absolute atomic E-state index is 8.56. The molecule has 14 heavy (non-hydrogen) atoms. The molecule has 0 fully saturated rings. The van der Waals surface area contributed by atoms with E-state index in [9.17, 15) is 0 Å². The van der Waals surface area contributed by atoms with E-state index >= 15 is 0 Å². The molecular formula is C8H20BaO5. The molecule has 0 saturated carbocycles. The van der Waals surface area contributed by atoms with Gasteiger partial charge in [0.05, 0.1) is 26.4 Å². The number of hydrogen-bond donors (Lipinski definition) is 3. The van der Waals surface area contributed by atoms with E-state index < -0.39 is 6.29 Å². The number of aliphatic hydroxyl groups excluding tert-OH is 3. The van der Waals surface area contributed by atoms with Crippen molar-refractivity contribution in [3.8, 4) is 0 Å². The molecular weight excluding hydrogens is 313 g/mol. The van der Waals surface area contributed by atoms with Gasteiger partial charge in [-0.25, -0.2) is 0 Å². The Morgan fingerprint density at radius 1 is 0.857 bits per heavy atom. The molecule has 0 amide bonds. The standard InChI is InChI=1S/C8H18O5.Ba.2H/c9-3-1-2-8(12-6-4-10)13-7-5-11;;;/h8-11H,1-7H2;;;. The van der Waals surface area contributed by atoms with Crippen molar-refractivity contribution in [1.29, 1.82) is 0 Å².